The molecule has 0 bridgehead atoms. The summed E-state index contributed by atoms with van der Waals surface area (Å²) in [5.74, 6) is -0.508. The monoisotopic (exact) mass is 263 g/mol. The van der Waals surface area contributed by atoms with Gasteiger partial charge in [0.15, 0.2) is 5.75 Å². The molecular weight excluding hydrogens is 254 g/mol. The Balaban J connectivity index is 2.25. The highest BCUT2D eigenvalue weighted by Crippen LogP contribution is 2.23. The largest absolute Gasteiger partial charge is 0.507 e. The van der Waals surface area contributed by atoms with Gasteiger partial charge in [-0.25, -0.2) is 4.79 Å². The molecule has 2 aromatic rings. The Bertz CT molecular complexity index is 599. The first kappa shape index (κ1) is 12.4. The number of esters is 1. The molecule has 0 saturated carbocycles. The van der Waals surface area contributed by atoms with Gasteiger partial charge in [-0.3, -0.25) is 4.98 Å². The van der Waals surface area contributed by atoms with E-state index in [0.29, 0.717) is 10.6 Å². The van der Waals surface area contributed by atoms with Crippen LogP contribution in [0.1, 0.15) is 15.9 Å². The molecule has 0 spiro atoms. The smallest absolute Gasteiger partial charge is 0.347 e. The summed E-state index contributed by atoms with van der Waals surface area (Å²) in [6.07, 6.45) is 2.81. The first-order valence-electron chi connectivity index (χ1n) is 5.19. The third-order valence-electron chi connectivity index (χ3n) is 2.35. The summed E-state index contributed by atoms with van der Waals surface area (Å²) in [6, 6.07) is 6.33. The first-order chi connectivity index (χ1) is 8.58. The molecule has 4 nitrogen and oxygen atoms in total. The van der Waals surface area contributed by atoms with Crippen molar-refractivity contribution in [1.29, 1.82) is 0 Å². The fourth-order valence-corrected chi connectivity index (χ4v) is 1.60. The molecule has 1 N–H and O–H groups in total. The molecule has 18 heavy (non-hydrogen) atoms. The maximum absolute atomic E-state index is 11.8. The van der Waals surface area contributed by atoms with Gasteiger partial charge in [0.25, 0.3) is 0 Å². The van der Waals surface area contributed by atoms with E-state index in [9.17, 15) is 9.90 Å². The number of phenolic OH excluding ortho intramolecular Hbond substituents is 1. The summed E-state index contributed by atoms with van der Waals surface area (Å²) >= 11 is 5.73. The second-order valence-electron chi connectivity index (χ2n) is 3.70. The topological polar surface area (TPSA) is 59.4 Å². The van der Waals surface area contributed by atoms with Crippen LogP contribution in [-0.4, -0.2) is 16.1 Å². The van der Waals surface area contributed by atoms with Crippen molar-refractivity contribution in [3.05, 3.63) is 52.8 Å². The molecule has 0 aliphatic heterocycles. The van der Waals surface area contributed by atoms with Crippen molar-refractivity contribution < 1.29 is 14.6 Å². The van der Waals surface area contributed by atoms with E-state index in [2.05, 4.69) is 4.98 Å². The van der Waals surface area contributed by atoms with Crippen LogP contribution in [0.3, 0.4) is 0 Å². The van der Waals surface area contributed by atoms with Crippen LogP contribution in [-0.2, 0) is 0 Å². The number of carbonyl (C=O) groups is 1. The Kier molecular flexibility index (Phi) is 3.48. The number of phenols is 1. The summed E-state index contributed by atoms with van der Waals surface area (Å²) < 4.78 is 5.07. The molecule has 1 aromatic heterocycles. The molecule has 0 saturated heterocycles. The number of ether oxygens (including phenoxy) is 1. The van der Waals surface area contributed by atoms with E-state index in [0.717, 1.165) is 0 Å². The molecule has 0 unspecified atom stereocenters. The number of pyridine rings is 1. The first-order valence-corrected chi connectivity index (χ1v) is 5.57. The molecule has 0 aliphatic rings. The average molecular weight is 264 g/mol. The van der Waals surface area contributed by atoms with Crippen LogP contribution in [0, 0.1) is 6.92 Å². The quantitative estimate of drug-likeness (QED) is 0.846. The van der Waals surface area contributed by atoms with Gasteiger partial charge in [0.2, 0.25) is 0 Å². The minimum atomic E-state index is -0.653. The van der Waals surface area contributed by atoms with Crippen molar-refractivity contribution in [2.75, 3.05) is 0 Å². The average Bonchev–Trinajstić information content (AvgIpc) is 2.32. The van der Waals surface area contributed by atoms with E-state index in [-0.39, 0.29) is 17.1 Å². The lowest BCUT2D eigenvalue weighted by Gasteiger charge is -2.07. The number of benzene rings is 1. The van der Waals surface area contributed by atoms with Crippen LogP contribution in [0.5, 0.6) is 11.5 Å². The number of rotatable bonds is 2. The highest BCUT2D eigenvalue weighted by Gasteiger charge is 2.14. The van der Waals surface area contributed by atoms with Crippen molar-refractivity contribution >= 4 is 17.6 Å². The van der Waals surface area contributed by atoms with Crippen LogP contribution in [0.25, 0.3) is 0 Å². The Morgan fingerprint density at radius 1 is 1.39 bits per heavy atom. The van der Waals surface area contributed by atoms with Crippen molar-refractivity contribution in [2.45, 2.75) is 6.92 Å². The van der Waals surface area contributed by atoms with Crippen LogP contribution in [0.4, 0.5) is 0 Å². The molecule has 0 atom stereocenters. The molecule has 5 heteroatoms. The molecule has 0 radical (unpaired) electrons. The number of halogens is 1. The highest BCUT2D eigenvalue weighted by molar-refractivity contribution is 6.30. The van der Waals surface area contributed by atoms with Gasteiger partial charge in [-0.05, 0) is 18.6 Å². The van der Waals surface area contributed by atoms with Crippen molar-refractivity contribution in [1.82, 2.24) is 4.98 Å². The van der Waals surface area contributed by atoms with E-state index in [1.807, 2.05) is 0 Å². The van der Waals surface area contributed by atoms with Gasteiger partial charge >= 0.3 is 5.97 Å². The van der Waals surface area contributed by atoms with Crippen LogP contribution < -0.4 is 4.74 Å². The fraction of sp³-hybridized carbons (Fsp3) is 0.0769. The van der Waals surface area contributed by atoms with Crippen molar-refractivity contribution in [2.24, 2.45) is 0 Å². The van der Waals surface area contributed by atoms with Crippen LogP contribution in [0.2, 0.25) is 5.02 Å². The van der Waals surface area contributed by atoms with Gasteiger partial charge < -0.3 is 9.84 Å². The zero-order valence-electron chi connectivity index (χ0n) is 9.55. The molecular formula is C13H10ClNO3. The number of carbonyl (C=O) groups excluding carboxylic acids is 1. The Morgan fingerprint density at radius 2 is 2.17 bits per heavy atom. The van der Waals surface area contributed by atoms with Crippen LogP contribution >= 0.6 is 11.6 Å². The number of nitrogens with zero attached hydrogens (tertiary/aromatic N) is 1. The number of aromatic hydroxyl groups is 1. The zero-order chi connectivity index (χ0) is 13.1. The SMILES string of the molecule is Cc1cccc(C(=O)Oc2cncc(Cl)c2)c1O. The third-order valence-corrected chi connectivity index (χ3v) is 2.55. The van der Waals surface area contributed by atoms with Gasteiger partial charge in [-0.1, -0.05) is 23.7 Å². The van der Waals surface area contributed by atoms with Crippen LogP contribution in [0.15, 0.2) is 36.7 Å². The number of hydrogen-bond donors (Lipinski definition) is 1. The maximum Gasteiger partial charge on any atom is 0.347 e. The summed E-state index contributed by atoms with van der Waals surface area (Å²) in [6.45, 7) is 1.70. The van der Waals surface area contributed by atoms with Gasteiger partial charge in [-0.2, -0.15) is 0 Å². The standard InChI is InChI=1S/C13H10ClNO3/c1-8-3-2-4-11(12(8)16)13(17)18-10-5-9(14)6-15-7-10/h2-7,16H,1H3. The lowest BCUT2D eigenvalue weighted by atomic mass is 10.1. The molecule has 1 aromatic carbocycles. The van der Waals surface area contributed by atoms with Gasteiger partial charge in [-0.15, -0.1) is 0 Å². The van der Waals surface area contributed by atoms with E-state index in [4.69, 9.17) is 16.3 Å². The summed E-state index contributed by atoms with van der Waals surface area (Å²) in [7, 11) is 0. The molecule has 0 aliphatic carbocycles. The zero-order valence-corrected chi connectivity index (χ0v) is 10.3. The third kappa shape index (κ3) is 2.60. The Labute approximate surface area is 109 Å². The minimum Gasteiger partial charge on any atom is -0.507 e. The molecule has 0 amide bonds. The number of aryl methyl sites for hydroxylation is 1. The van der Waals surface area contributed by atoms with E-state index in [1.54, 1.807) is 19.1 Å². The minimum absolute atomic E-state index is 0.0857. The summed E-state index contributed by atoms with van der Waals surface area (Å²) in [5, 5.41) is 10.1. The predicted octanol–water partition coefficient (Wildman–Crippen LogP) is 2.97. The number of para-hydroxylation sites is 1. The second kappa shape index (κ2) is 5.06. The second-order valence-corrected chi connectivity index (χ2v) is 4.14. The summed E-state index contributed by atoms with van der Waals surface area (Å²) in [5.41, 5.74) is 0.712. The Morgan fingerprint density at radius 3 is 2.89 bits per heavy atom. The highest BCUT2D eigenvalue weighted by atomic mass is 35.5. The van der Waals surface area contributed by atoms with Gasteiger partial charge in [0.05, 0.1) is 11.2 Å². The molecule has 1 heterocycles. The van der Waals surface area contributed by atoms with Crippen molar-refractivity contribution in [3.63, 3.8) is 0 Å². The maximum atomic E-state index is 11.8. The summed E-state index contributed by atoms with van der Waals surface area (Å²) in [4.78, 5) is 15.6. The van der Waals surface area contributed by atoms with Crippen molar-refractivity contribution in [3.8, 4) is 11.5 Å². The number of hydrogen-bond acceptors (Lipinski definition) is 4. The normalized spacial score (nSPS) is 10.1. The molecule has 92 valence electrons. The lowest BCUT2D eigenvalue weighted by molar-refractivity contribution is 0.0731. The number of aromatic nitrogens is 1. The van der Waals surface area contributed by atoms with E-state index in [1.165, 1.54) is 24.5 Å². The molecule has 0 fully saturated rings. The van der Waals surface area contributed by atoms with Gasteiger partial charge in [0, 0.05) is 12.3 Å². The van der Waals surface area contributed by atoms with Gasteiger partial charge in [0.1, 0.15) is 11.3 Å². The van der Waals surface area contributed by atoms with E-state index >= 15 is 0 Å². The lowest BCUT2D eigenvalue weighted by Crippen LogP contribution is -2.09. The Hall–Kier alpha value is -2.07. The fourth-order valence-electron chi connectivity index (χ4n) is 1.43. The van der Waals surface area contributed by atoms with E-state index < -0.39 is 5.97 Å². The predicted molar refractivity (Wildman–Crippen MR) is 67.0 cm³/mol. The molecule has 2 rings (SSSR count).